The van der Waals surface area contributed by atoms with Crippen LogP contribution in [0.4, 0.5) is 0 Å². The number of carbonyl (C=O) groups excluding carboxylic acids is 1. The van der Waals surface area contributed by atoms with Crippen molar-refractivity contribution in [3.63, 3.8) is 0 Å². The summed E-state index contributed by atoms with van der Waals surface area (Å²) in [6, 6.07) is 1.65. The number of rotatable bonds is 14. The van der Waals surface area contributed by atoms with Crippen LogP contribution in [0.1, 0.15) is 64.7 Å². The number of methoxy groups -OCH3 is 2. The Bertz CT molecular complexity index is 449. The van der Waals surface area contributed by atoms with E-state index in [1.165, 1.54) is 50.3 Å². The lowest BCUT2D eigenvalue weighted by molar-refractivity contribution is -0.107. The summed E-state index contributed by atoms with van der Waals surface area (Å²) in [4.78, 5) is 19.6. The third kappa shape index (κ3) is 8.52. The van der Waals surface area contributed by atoms with Gasteiger partial charge in [-0.15, -0.1) is 0 Å². The van der Waals surface area contributed by atoms with Gasteiger partial charge in [0.15, 0.2) is 5.16 Å². The van der Waals surface area contributed by atoms with Gasteiger partial charge in [-0.05, 0) is 6.42 Å². The fourth-order valence-corrected chi connectivity index (χ4v) is 3.50. The molecule has 1 rings (SSSR count). The lowest BCUT2D eigenvalue weighted by Crippen LogP contribution is -2.06. The number of aromatic nitrogens is 2. The second kappa shape index (κ2) is 13.0. The van der Waals surface area contributed by atoms with Crippen molar-refractivity contribution in [3.8, 4) is 11.8 Å². The second-order valence-electron chi connectivity index (χ2n) is 5.79. The zero-order valence-electron chi connectivity index (χ0n) is 15.1. The van der Waals surface area contributed by atoms with E-state index in [-0.39, 0.29) is 5.25 Å². The highest BCUT2D eigenvalue weighted by Crippen LogP contribution is 2.29. The predicted octanol–water partition coefficient (Wildman–Crippen LogP) is 4.68. The van der Waals surface area contributed by atoms with Gasteiger partial charge in [-0.3, -0.25) is 0 Å². The summed E-state index contributed by atoms with van der Waals surface area (Å²) < 4.78 is 10.3. The van der Waals surface area contributed by atoms with Crippen LogP contribution in [0.5, 0.6) is 11.8 Å². The first-order valence-corrected chi connectivity index (χ1v) is 9.68. The fourth-order valence-electron chi connectivity index (χ4n) is 2.46. The predicted molar refractivity (Wildman–Crippen MR) is 98.1 cm³/mol. The van der Waals surface area contributed by atoms with Gasteiger partial charge in [0.2, 0.25) is 11.8 Å². The van der Waals surface area contributed by atoms with Gasteiger partial charge in [0.25, 0.3) is 0 Å². The zero-order valence-corrected chi connectivity index (χ0v) is 15.9. The molecule has 5 nitrogen and oxygen atoms in total. The molecular weight excluding hydrogens is 324 g/mol. The summed E-state index contributed by atoms with van der Waals surface area (Å²) in [5.41, 5.74) is 0. The maximum absolute atomic E-state index is 11.0. The van der Waals surface area contributed by atoms with Crippen molar-refractivity contribution in [2.45, 2.75) is 75.1 Å². The Hall–Kier alpha value is -1.30. The Kier molecular flexibility index (Phi) is 11.3. The van der Waals surface area contributed by atoms with E-state index in [1.54, 1.807) is 20.3 Å². The van der Waals surface area contributed by atoms with E-state index >= 15 is 0 Å². The molecule has 0 saturated carbocycles. The molecule has 0 amide bonds. The largest absolute Gasteiger partial charge is 0.481 e. The molecule has 1 atom stereocenters. The molecule has 0 radical (unpaired) electrons. The molecule has 1 heterocycles. The van der Waals surface area contributed by atoms with Gasteiger partial charge in [0, 0.05) is 11.7 Å². The Morgan fingerprint density at radius 1 is 1.04 bits per heavy atom. The lowest BCUT2D eigenvalue weighted by Gasteiger charge is -2.13. The summed E-state index contributed by atoms with van der Waals surface area (Å²) in [5, 5.41) is 0.802. The highest BCUT2D eigenvalue weighted by Gasteiger charge is 2.14. The first-order valence-electron chi connectivity index (χ1n) is 8.80. The van der Waals surface area contributed by atoms with Crippen LogP contribution >= 0.6 is 11.8 Å². The van der Waals surface area contributed by atoms with Gasteiger partial charge >= 0.3 is 0 Å². The quantitative estimate of drug-likeness (QED) is 0.209. The van der Waals surface area contributed by atoms with Crippen LogP contribution in [0, 0.1) is 0 Å². The molecule has 0 fully saturated rings. The van der Waals surface area contributed by atoms with Crippen molar-refractivity contribution in [1.29, 1.82) is 0 Å². The minimum absolute atomic E-state index is 0.204. The lowest BCUT2D eigenvalue weighted by atomic mass is 10.1. The van der Waals surface area contributed by atoms with Gasteiger partial charge in [-0.25, -0.2) is 0 Å². The fraction of sp³-hybridized carbons (Fsp3) is 0.722. The summed E-state index contributed by atoms with van der Waals surface area (Å²) in [5.74, 6) is 0.954. The molecule has 24 heavy (non-hydrogen) atoms. The first-order chi connectivity index (χ1) is 11.7. The summed E-state index contributed by atoms with van der Waals surface area (Å²) >= 11 is 1.53. The molecule has 0 saturated heterocycles. The SMILES string of the molecule is CCCCCCCCCC(CC=O)Sc1nc(OC)cc(OC)n1. The average molecular weight is 355 g/mol. The summed E-state index contributed by atoms with van der Waals surface area (Å²) in [6.07, 6.45) is 11.4. The standard InChI is InChI=1S/C18H30N2O3S/c1-4-5-6-7-8-9-10-11-15(12-13-21)24-18-19-16(22-2)14-17(20-18)23-3/h13-15H,4-12H2,1-3H3. The molecule has 6 heteroatoms. The van der Waals surface area contributed by atoms with Crippen LogP contribution in [0.15, 0.2) is 11.2 Å². The van der Waals surface area contributed by atoms with E-state index in [2.05, 4.69) is 16.9 Å². The maximum atomic E-state index is 11.0. The van der Waals surface area contributed by atoms with E-state index in [0.717, 1.165) is 19.1 Å². The van der Waals surface area contributed by atoms with Crippen LogP contribution < -0.4 is 9.47 Å². The van der Waals surface area contributed by atoms with Crippen LogP contribution in [0.25, 0.3) is 0 Å². The first kappa shape index (κ1) is 20.7. The molecule has 0 aliphatic carbocycles. The van der Waals surface area contributed by atoms with E-state index in [9.17, 15) is 4.79 Å². The molecule has 0 bridgehead atoms. The van der Waals surface area contributed by atoms with Crippen molar-refractivity contribution < 1.29 is 14.3 Å². The molecule has 136 valence electrons. The number of unbranched alkanes of at least 4 members (excludes halogenated alkanes) is 6. The highest BCUT2D eigenvalue weighted by atomic mass is 32.2. The van der Waals surface area contributed by atoms with Crippen LogP contribution in [0.2, 0.25) is 0 Å². The number of carbonyl (C=O) groups is 1. The van der Waals surface area contributed by atoms with Crippen molar-refractivity contribution in [2.75, 3.05) is 14.2 Å². The number of thioether (sulfide) groups is 1. The average Bonchev–Trinajstić information content (AvgIpc) is 2.60. The second-order valence-corrected chi connectivity index (χ2v) is 7.05. The van der Waals surface area contributed by atoms with Gasteiger partial charge < -0.3 is 14.3 Å². The Morgan fingerprint density at radius 3 is 2.17 bits per heavy atom. The molecule has 0 aliphatic heterocycles. The van der Waals surface area contributed by atoms with E-state index < -0.39 is 0 Å². The molecule has 0 aromatic carbocycles. The number of hydrogen-bond donors (Lipinski definition) is 0. The third-order valence-corrected chi connectivity index (χ3v) is 4.99. The van der Waals surface area contributed by atoms with E-state index in [4.69, 9.17) is 9.47 Å². The van der Waals surface area contributed by atoms with Crippen LogP contribution in [-0.4, -0.2) is 35.7 Å². The smallest absolute Gasteiger partial charge is 0.220 e. The normalized spacial score (nSPS) is 12.0. The maximum Gasteiger partial charge on any atom is 0.220 e. The Labute approximate surface area is 149 Å². The topological polar surface area (TPSA) is 61.3 Å². The van der Waals surface area contributed by atoms with Gasteiger partial charge in [-0.1, -0.05) is 63.6 Å². The number of aldehydes is 1. The van der Waals surface area contributed by atoms with Gasteiger partial charge in [0.05, 0.1) is 20.3 Å². The summed E-state index contributed by atoms with van der Waals surface area (Å²) in [7, 11) is 3.13. The third-order valence-electron chi connectivity index (χ3n) is 3.84. The van der Waals surface area contributed by atoms with Crippen LogP contribution in [-0.2, 0) is 4.79 Å². The minimum atomic E-state index is 0.204. The minimum Gasteiger partial charge on any atom is -0.481 e. The Balaban J connectivity index is 2.46. The molecule has 1 unspecified atom stereocenters. The molecule has 1 aromatic heterocycles. The van der Waals surface area contributed by atoms with E-state index in [1.807, 2.05) is 0 Å². The van der Waals surface area contributed by atoms with Crippen molar-refractivity contribution in [1.82, 2.24) is 9.97 Å². The van der Waals surface area contributed by atoms with Crippen molar-refractivity contribution in [3.05, 3.63) is 6.07 Å². The number of hydrogen-bond acceptors (Lipinski definition) is 6. The van der Waals surface area contributed by atoms with Crippen molar-refractivity contribution >= 4 is 18.0 Å². The molecule has 0 N–H and O–H groups in total. The van der Waals surface area contributed by atoms with Gasteiger partial charge in [-0.2, -0.15) is 9.97 Å². The summed E-state index contributed by atoms with van der Waals surface area (Å²) in [6.45, 7) is 2.23. The highest BCUT2D eigenvalue weighted by molar-refractivity contribution is 7.99. The molecule has 0 spiro atoms. The molecule has 0 aliphatic rings. The van der Waals surface area contributed by atoms with Gasteiger partial charge in [0.1, 0.15) is 6.29 Å². The number of ether oxygens (including phenoxy) is 2. The molecule has 1 aromatic rings. The Morgan fingerprint density at radius 2 is 1.62 bits per heavy atom. The molecular formula is C18H30N2O3S. The van der Waals surface area contributed by atoms with E-state index in [0.29, 0.717) is 23.3 Å². The van der Waals surface area contributed by atoms with Crippen molar-refractivity contribution in [2.24, 2.45) is 0 Å². The number of nitrogens with zero attached hydrogens (tertiary/aromatic N) is 2. The zero-order chi connectivity index (χ0) is 17.6. The monoisotopic (exact) mass is 354 g/mol. The van der Waals surface area contributed by atoms with Crippen LogP contribution in [0.3, 0.4) is 0 Å².